The first-order chi connectivity index (χ1) is 6.44. The number of halogens is 4. The molecule has 1 unspecified atom stereocenters. The molecule has 0 radical (unpaired) electrons. The highest BCUT2D eigenvalue weighted by atomic mass is 127. The summed E-state index contributed by atoms with van der Waals surface area (Å²) in [6.07, 6.45) is -4.04. The summed E-state index contributed by atoms with van der Waals surface area (Å²) in [5, 5.41) is 0. The zero-order valence-corrected chi connectivity index (χ0v) is 9.75. The third-order valence-corrected chi connectivity index (χ3v) is 3.71. The van der Waals surface area contributed by atoms with Gasteiger partial charge >= 0.3 is 6.18 Å². The molecule has 0 spiro atoms. The second-order valence-electron chi connectivity index (χ2n) is 4.16. The average molecular weight is 320 g/mol. The van der Waals surface area contributed by atoms with Gasteiger partial charge in [0.15, 0.2) is 0 Å². The third kappa shape index (κ3) is 2.52. The lowest BCUT2D eigenvalue weighted by Gasteiger charge is -2.19. The fourth-order valence-corrected chi connectivity index (χ4v) is 3.43. The second kappa shape index (κ2) is 3.79. The fraction of sp³-hybridized carbons (Fsp3) is 1.00. The summed E-state index contributed by atoms with van der Waals surface area (Å²) in [6, 6.07) is 0. The Labute approximate surface area is 94.9 Å². The smallest absolute Gasteiger partial charge is 0.294 e. The molecule has 6 heteroatoms. The maximum absolute atomic E-state index is 12.1. The van der Waals surface area contributed by atoms with E-state index in [4.69, 9.17) is 0 Å². The highest BCUT2D eigenvalue weighted by molar-refractivity contribution is 14.1. The Kier molecular flexibility index (Phi) is 2.96. The molecule has 2 atom stereocenters. The second-order valence-corrected chi connectivity index (χ2v) is 5.52. The molecule has 2 saturated heterocycles. The standard InChI is InChI=1S/C8H12F3IN2/c9-8(10,11)5-13-1-6-3-14(12)4-7(6)2-13/h6-7H,1-5H2/t6-,7?/m0/s1. The minimum atomic E-state index is -4.04. The van der Waals surface area contributed by atoms with E-state index in [2.05, 4.69) is 26.0 Å². The molecule has 2 fully saturated rings. The highest BCUT2D eigenvalue weighted by Crippen LogP contribution is 2.33. The summed E-state index contributed by atoms with van der Waals surface area (Å²) in [4.78, 5) is 1.54. The zero-order chi connectivity index (χ0) is 10.3. The Hall–Kier alpha value is 0.440. The number of rotatable bonds is 1. The van der Waals surface area contributed by atoms with Gasteiger partial charge in [-0.3, -0.25) is 4.90 Å². The van der Waals surface area contributed by atoms with Crippen LogP contribution < -0.4 is 0 Å². The Balaban J connectivity index is 1.86. The summed E-state index contributed by atoms with van der Waals surface area (Å²) < 4.78 is 38.5. The number of fused-ring (bicyclic) bond motifs is 1. The molecule has 0 aromatic heterocycles. The first-order valence-electron chi connectivity index (χ1n) is 4.64. The molecule has 0 aromatic rings. The molecular formula is C8H12F3IN2. The molecular weight excluding hydrogens is 308 g/mol. The van der Waals surface area contributed by atoms with Crippen molar-refractivity contribution in [2.24, 2.45) is 11.8 Å². The van der Waals surface area contributed by atoms with Crippen LogP contribution in [0.4, 0.5) is 13.2 Å². The lowest BCUT2D eigenvalue weighted by molar-refractivity contribution is -0.144. The molecule has 14 heavy (non-hydrogen) atoms. The minimum absolute atomic E-state index is 0.453. The topological polar surface area (TPSA) is 6.48 Å². The van der Waals surface area contributed by atoms with Gasteiger partial charge < -0.3 is 0 Å². The van der Waals surface area contributed by atoms with Crippen LogP contribution in [0.3, 0.4) is 0 Å². The van der Waals surface area contributed by atoms with Gasteiger partial charge in [-0.15, -0.1) is 0 Å². The van der Waals surface area contributed by atoms with Crippen molar-refractivity contribution in [2.75, 3.05) is 32.7 Å². The van der Waals surface area contributed by atoms with Crippen LogP contribution >= 0.6 is 22.9 Å². The minimum Gasteiger partial charge on any atom is -0.294 e. The normalized spacial score (nSPS) is 35.1. The Morgan fingerprint density at radius 3 is 2.00 bits per heavy atom. The lowest BCUT2D eigenvalue weighted by Crippen LogP contribution is -2.34. The summed E-state index contributed by atoms with van der Waals surface area (Å²) in [5.41, 5.74) is 0. The molecule has 82 valence electrons. The van der Waals surface area contributed by atoms with Gasteiger partial charge in [0.1, 0.15) is 0 Å². The van der Waals surface area contributed by atoms with Crippen molar-refractivity contribution in [3.05, 3.63) is 0 Å². The summed E-state index contributed by atoms with van der Waals surface area (Å²) in [6.45, 7) is 2.38. The average Bonchev–Trinajstić information content (AvgIpc) is 2.39. The SMILES string of the molecule is FC(F)(F)CN1CC2CN(I)C[C@@H]2C1. The van der Waals surface area contributed by atoms with Gasteiger partial charge in [0, 0.05) is 49.0 Å². The van der Waals surface area contributed by atoms with Gasteiger partial charge in [-0.1, -0.05) is 0 Å². The van der Waals surface area contributed by atoms with Crippen LogP contribution in [-0.2, 0) is 0 Å². The van der Waals surface area contributed by atoms with E-state index in [1.54, 1.807) is 4.90 Å². The number of hydrogen-bond donors (Lipinski definition) is 0. The molecule has 0 N–H and O–H groups in total. The summed E-state index contributed by atoms with van der Waals surface area (Å²) >= 11 is 2.25. The van der Waals surface area contributed by atoms with Gasteiger partial charge in [0.2, 0.25) is 0 Å². The van der Waals surface area contributed by atoms with Crippen LogP contribution in [0.1, 0.15) is 0 Å². The molecule has 0 bridgehead atoms. The largest absolute Gasteiger partial charge is 0.401 e. The third-order valence-electron chi connectivity index (χ3n) is 2.92. The number of nitrogens with zero attached hydrogens (tertiary/aromatic N) is 2. The number of hydrogen-bond acceptors (Lipinski definition) is 2. The Morgan fingerprint density at radius 2 is 1.57 bits per heavy atom. The monoisotopic (exact) mass is 320 g/mol. The van der Waals surface area contributed by atoms with Gasteiger partial charge in [-0.05, 0) is 11.8 Å². The van der Waals surface area contributed by atoms with Gasteiger partial charge in [-0.2, -0.15) is 13.2 Å². The first kappa shape index (κ1) is 10.9. The van der Waals surface area contributed by atoms with Crippen molar-refractivity contribution < 1.29 is 13.2 Å². The molecule has 2 aliphatic rings. The van der Waals surface area contributed by atoms with Crippen molar-refractivity contribution in [1.82, 2.24) is 8.01 Å². The zero-order valence-electron chi connectivity index (χ0n) is 7.60. The van der Waals surface area contributed by atoms with Crippen molar-refractivity contribution >= 4 is 22.9 Å². The first-order valence-corrected chi connectivity index (χ1v) is 5.60. The molecule has 2 rings (SSSR count). The molecule has 2 aliphatic heterocycles. The fourth-order valence-electron chi connectivity index (χ4n) is 2.42. The van der Waals surface area contributed by atoms with E-state index in [1.807, 2.05) is 0 Å². The van der Waals surface area contributed by atoms with Crippen LogP contribution in [0.25, 0.3) is 0 Å². The van der Waals surface area contributed by atoms with Crippen LogP contribution in [0.15, 0.2) is 0 Å². The van der Waals surface area contributed by atoms with Crippen molar-refractivity contribution in [2.45, 2.75) is 6.18 Å². The number of likely N-dealkylation sites (tertiary alicyclic amines) is 1. The predicted molar refractivity (Wildman–Crippen MR) is 55.1 cm³/mol. The number of alkyl halides is 3. The maximum Gasteiger partial charge on any atom is 0.401 e. The van der Waals surface area contributed by atoms with E-state index in [0.29, 0.717) is 24.9 Å². The van der Waals surface area contributed by atoms with E-state index < -0.39 is 12.7 Å². The van der Waals surface area contributed by atoms with E-state index in [0.717, 1.165) is 13.1 Å². The highest BCUT2D eigenvalue weighted by Gasteiger charge is 2.42. The quantitative estimate of drug-likeness (QED) is 0.537. The van der Waals surface area contributed by atoms with E-state index in [1.165, 1.54) is 0 Å². The Morgan fingerprint density at radius 1 is 1.07 bits per heavy atom. The molecule has 2 nitrogen and oxygen atoms in total. The molecule has 0 aliphatic carbocycles. The predicted octanol–water partition coefficient (Wildman–Crippen LogP) is 1.76. The van der Waals surface area contributed by atoms with Gasteiger partial charge in [0.05, 0.1) is 6.54 Å². The van der Waals surface area contributed by atoms with E-state index in [9.17, 15) is 13.2 Å². The van der Waals surface area contributed by atoms with Crippen LogP contribution in [0.2, 0.25) is 0 Å². The van der Waals surface area contributed by atoms with Gasteiger partial charge in [-0.25, -0.2) is 3.11 Å². The van der Waals surface area contributed by atoms with Crippen LogP contribution in [0, 0.1) is 11.8 Å². The molecule has 0 amide bonds. The summed E-state index contributed by atoms with van der Waals surface area (Å²) in [5.74, 6) is 0.906. The molecule has 2 heterocycles. The Bertz CT molecular complexity index is 207. The van der Waals surface area contributed by atoms with Crippen molar-refractivity contribution in [3.8, 4) is 0 Å². The van der Waals surface area contributed by atoms with Crippen LogP contribution in [0.5, 0.6) is 0 Å². The molecule has 0 saturated carbocycles. The maximum atomic E-state index is 12.1. The summed E-state index contributed by atoms with van der Waals surface area (Å²) in [7, 11) is 0. The van der Waals surface area contributed by atoms with Crippen LogP contribution in [-0.4, -0.2) is 46.9 Å². The lowest BCUT2D eigenvalue weighted by atomic mass is 10.0. The van der Waals surface area contributed by atoms with Gasteiger partial charge in [0.25, 0.3) is 0 Å². The van der Waals surface area contributed by atoms with E-state index in [-0.39, 0.29) is 0 Å². The van der Waals surface area contributed by atoms with Crippen molar-refractivity contribution in [3.63, 3.8) is 0 Å². The molecule has 0 aromatic carbocycles. The van der Waals surface area contributed by atoms with Crippen molar-refractivity contribution in [1.29, 1.82) is 0 Å². The van der Waals surface area contributed by atoms with E-state index >= 15 is 0 Å².